The number of nitrogen functional groups attached to an aromatic ring is 1. The van der Waals surface area contributed by atoms with E-state index in [1.54, 1.807) is 6.92 Å². The van der Waals surface area contributed by atoms with Gasteiger partial charge in [0, 0.05) is 49.4 Å². The van der Waals surface area contributed by atoms with Crippen molar-refractivity contribution >= 4 is 11.6 Å². The quantitative estimate of drug-likeness (QED) is 0.807. The van der Waals surface area contributed by atoms with Gasteiger partial charge in [0.05, 0.1) is 6.61 Å². The number of likely N-dealkylation sites (tertiary alicyclic amines) is 1. The fourth-order valence-corrected chi connectivity index (χ4v) is 3.07. The van der Waals surface area contributed by atoms with Crippen LogP contribution in [0, 0.1) is 0 Å². The van der Waals surface area contributed by atoms with E-state index in [1.807, 2.05) is 12.1 Å². The highest BCUT2D eigenvalue weighted by atomic mass is 16.7. The molecule has 0 saturated carbocycles. The molecule has 114 valence electrons. The van der Waals surface area contributed by atoms with E-state index in [-0.39, 0.29) is 11.9 Å². The molecule has 0 spiro atoms. The lowest BCUT2D eigenvalue weighted by atomic mass is 10.1. The SMILES string of the molecule is CC(=O)NC1CCN(Cc2cc(N)cc3c2OCOC3)C1. The van der Waals surface area contributed by atoms with Crippen LogP contribution in [-0.4, -0.2) is 36.7 Å². The first-order chi connectivity index (χ1) is 10.1. The van der Waals surface area contributed by atoms with Crippen molar-refractivity contribution in [3.63, 3.8) is 0 Å². The predicted molar refractivity (Wildman–Crippen MR) is 78.6 cm³/mol. The van der Waals surface area contributed by atoms with Gasteiger partial charge in [-0.15, -0.1) is 0 Å². The summed E-state index contributed by atoms with van der Waals surface area (Å²) >= 11 is 0. The van der Waals surface area contributed by atoms with Crippen molar-refractivity contribution < 1.29 is 14.3 Å². The van der Waals surface area contributed by atoms with Crippen molar-refractivity contribution in [2.24, 2.45) is 0 Å². The van der Waals surface area contributed by atoms with E-state index in [0.29, 0.717) is 13.4 Å². The summed E-state index contributed by atoms with van der Waals surface area (Å²) in [4.78, 5) is 13.4. The van der Waals surface area contributed by atoms with Gasteiger partial charge in [0.1, 0.15) is 5.75 Å². The highest BCUT2D eigenvalue weighted by Gasteiger charge is 2.25. The highest BCUT2D eigenvalue weighted by molar-refractivity contribution is 5.73. The predicted octanol–water partition coefficient (Wildman–Crippen LogP) is 0.846. The maximum absolute atomic E-state index is 11.1. The van der Waals surface area contributed by atoms with Gasteiger partial charge in [0.15, 0.2) is 6.79 Å². The Balaban J connectivity index is 1.71. The maximum Gasteiger partial charge on any atom is 0.217 e. The number of nitrogens with zero attached hydrogens (tertiary/aromatic N) is 1. The zero-order chi connectivity index (χ0) is 14.8. The summed E-state index contributed by atoms with van der Waals surface area (Å²) in [5.74, 6) is 0.932. The van der Waals surface area contributed by atoms with Crippen molar-refractivity contribution in [1.29, 1.82) is 0 Å². The number of hydrogen-bond donors (Lipinski definition) is 2. The van der Waals surface area contributed by atoms with Crippen molar-refractivity contribution in [1.82, 2.24) is 10.2 Å². The van der Waals surface area contributed by atoms with Crippen LogP contribution in [0.15, 0.2) is 12.1 Å². The summed E-state index contributed by atoms with van der Waals surface area (Å²) < 4.78 is 10.9. The minimum absolute atomic E-state index is 0.0312. The number of hydrogen-bond acceptors (Lipinski definition) is 5. The molecule has 2 aliphatic rings. The van der Waals surface area contributed by atoms with Gasteiger partial charge < -0.3 is 20.5 Å². The molecule has 1 aromatic carbocycles. The standard InChI is InChI=1S/C15H21N3O3/c1-10(19)17-14-2-3-18(7-14)6-11-4-13(16)5-12-8-20-9-21-15(11)12/h4-5,14H,2-3,6-9,16H2,1H3,(H,17,19). The Hall–Kier alpha value is -1.79. The first-order valence-electron chi connectivity index (χ1n) is 7.23. The van der Waals surface area contributed by atoms with Gasteiger partial charge in [-0.2, -0.15) is 0 Å². The summed E-state index contributed by atoms with van der Waals surface area (Å²) in [7, 11) is 0. The van der Waals surface area contributed by atoms with Crippen LogP contribution in [0.1, 0.15) is 24.5 Å². The molecule has 0 aromatic heterocycles. The second kappa shape index (κ2) is 5.91. The summed E-state index contributed by atoms with van der Waals surface area (Å²) in [6.45, 7) is 5.00. The van der Waals surface area contributed by atoms with E-state index in [1.165, 1.54) is 0 Å². The molecular weight excluding hydrogens is 270 g/mol. The minimum Gasteiger partial charge on any atom is -0.467 e. The van der Waals surface area contributed by atoms with Gasteiger partial charge in [-0.05, 0) is 18.6 Å². The third kappa shape index (κ3) is 3.28. The first kappa shape index (κ1) is 14.2. The monoisotopic (exact) mass is 291 g/mol. The van der Waals surface area contributed by atoms with Crippen LogP contribution in [0.3, 0.4) is 0 Å². The fourth-order valence-electron chi connectivity index (χ4n) is 3.07. The van der Waals surface area contributed by atoms with E-state index in [9.17, 15) is 4.79 Å². The second-order valence-electron chi connectivity index (χ2n) is 5.70. The molecule has 2 aliphatic heterocycles. The van der Waals surface area contributed by atoms with E-state index in [2.05, 4.69) is 10.2 Å². The van der Waals surface area contributed by atoms with E-state index in [0.717, 1.165) is 48.6 Å². The average Bonchev–Trinajstić information content (AvgIpc) is 2.85. The Kier molecular flexibility index (Phi) is 3.98. The molecule has 3 N–H and O–H groups in total. The fraction of sp³-hybridized carbons (Fsp3) is 0.533. The summed E-state index contributed by atoms with van der Waals surface area (Å²) in [5.41, 5.74) is 8.80. The lowest BCUT2D eigenvalue weighted by Gasteiger charge is -2.24. The van der Waals surface area contributed by atoms with Crippen LogP contribution in [0.5, 0.6) is 5.75 Å². The molecule has 1 aromatic rings. The summed E-state index contributed by atoms with van der Waals surface area (Å²) in [6, 6.07) is 4.11. The maximum atomic E-state index is 11.1. The lowest BCUT2D eigenvalue weighted by molar-refractivity contribution is -0.119. The average molecular weight is 291 g/mol. The molecule has 1 unspecified atom stereocenters. The minimum atomic E-state index is 0.0312. The number of ether oxygens (including phenoxy) is 2. The highest BCUT2D eigenvalue weighted by Crippen LogP contribution is 2.32. The molecule has 6 heteroatoms. The molecular formula is C15H21N3O3. The van der Waals surface area contributed by atoms with Crippen LogP contribution in [0.4, 0.5) is 5.69 Å². The number of fused-ring (bicyclic) bond motifs is 1. The Morgan fingerprint density at radius 3 is 3.19 bits per heavy atom. The lowest BCUT2D eigenvalue weighted by Crippen LogP contribution is -2.35. The van der Waals surface area contributed by atoms with E-state index >= 15 is 0 Å². The third-order valence-corrected chi connectivity index (χ3v) is 3.88. The number of carbonyl (C=O) groups excluding carboxylic acids is 1. The van der Waals surface area contributed by atoms with Crippen LogP contribution < -0.4 is 15.8 Å². The third-order valence-electron chi connectivity index (χ3n) is 3.88. The van der Waals surface area contributed by atoms with Gasteiger partial charge in [-0.1, -0.05) is 0 Å². The number of nitrogens with two attached hydrogens (primary N) is 1. The molecule has 0 radical (unpaired) electrons. The molecule has 3 rings (SSSR count). The first-order valence-corrected chi connectivity index (χ1v) is 7.23. The van der Waals surface area contributed by atoms with E-state index in [4.69, 9.17) is 15.2 Å². The molecule has 1 fully saturated rings. The molecule has 1 amide bonds. The van der Waals surface area contributed by atoms with Gasteiger partial charge in [-0.3, -0.25) is 9.69 Å². The topological polar surface area (TPSA) is 76.8 Å². The van der Waals surface area contributed by atoms with Gasteiger partial charge in [-0.25, -0.2) is 0 Å². The number of benzene rings is 1. The molecule has 21 heavy (non-hydrogen) atoms. The van der Waals surface area contributed by atoms with Gasteiger partial charge in [0.25, 0.3) is 0 Å². The number of amides is 1. The van der Waals surface area contributed by atoms with E-state index < -0.39 is 0 Å². The normalized spacial score (nSPS) is 21.7. The molecule has 6 nitrogen and oxygen atoms in total. The molecule has 0 bridgehead atoms. The molecule has 0 aliphatic carbocycles. The Labute approximate surface area is 124 Å². The number of anilines is 1. The summed E-state index contributed by atoms with van der Waals surface area (Å²) in [6.07, 6.45) is 0.980. The van der Waals surface area contributed by atoms with Crippen LogP contribution in [0.2, 0.25) is 0 Å². The van der Waals surface area contributed by atoms with Crippen LogP contribution >= 0.6 is 0 Å². The molecule has 1 atom stereocenters. The largest absolute Gasteiger partial charge is 0.467 e. The van der Waals surface area contributed by atoms with Crippen molar-refractivity contribution in [3.8, 4) is 5.75 Å². The van der Waals surface area contributed by atoms with Crippen molar-refractivity contribution in [3.05, 3.63) is 23.3 Å². The van der Waals surface area contributed by atoms with Crippen LogP contribution in [0.25, 0.3) is 0 Å². The summed E-state index contributed by atoms with van der Waals surface area (Å²) in [5, 5.41) is 2.97. The Bertz CT molecular complexity index is 547. The van der Waals surface area contributed by atoms with Gasteiger partial charge >= 0.3 is 0 Å². The number of carbonyl (C=O) groups is 1. The van der Waals surface area contributed by atoms with Crippen molar-refractivity contribution in [2.45, 2.75) is 32.5 Å². The Morgan fingerprint density at radius 1 is 1.52 bits per heavy atom. The van der Waals surface area contributed by atoms with Crippen molar-refractivity contribution in [2.75, 3.05) is 25.6 Å². The Morgan fingerprint density at radius 2 is 2.38 bits per heavy atom. The number of rotatable bonds is 3. The second-order valence-corrected chi connectivity index (χ2v) is 5.70. The number of nitrogens with one attached hydrogen (secondary N) is 1. The zero-order valence-corrected chi connectivity index (χ0v) is 12.2. The molecule has 2 heterocycles. The molecule has 1 saturated heterocycles. The van der Waals surface area contributed by atoms with Gasteiger partial charge in [0.2, 0.25) is 5.91 Å². The zero-order valence-electron chi connectivity index (χ0n) is 12.2. The smallest absolute Gasteiger partial charge is 0.217 e. The van der Waals surface area contributed by atoms with Crippen LogP contribution in [-0.2, 0) is 22.7 Å².